The Morgan fingerprint density at radius 2 is 2.12 bits per heavy atom. The molecule has 0 spiro atoms. The lowest BCUT2D eigenvalue weighted by atomic mass is 10.2. The van der Waals surface area contributed by atoms with Crippen LogP contribution in [0.1, 0.15) is 24.8 Å². The fourth-order valence-electron chi connectivity index (χ4n) is 2.10. The van der Waals surface area contributed by atoms with Gasteiger partial charge in [-0.2, -0.15) is 0 Å². The number of aryl methyl sites for hydroxylation is 1. The lowest BCUT2D eigenvalue weighted by Gasteiger charge is -1.99. The zero-order valence-corrected chi connectivity index (χ0v) is 11.0. The number of thioether (sulfide) groups is 1. The van der Waals surface area contributed by atoms with Gasteiger partial charge in [0.1, 0.15) is 0 Å². The quantitative estimate of drug-likeness (QED) is 0.686. The van der Waals surface area contributed by atoms with Crippen LogP contribution in [-0.4, -0.2) is 0 Å². The van der Waals surface area contributed by atoms with Crippen LogP contribution < -0.4 is 0 Å². The lowest BCUT2D eigenvalue weighted by molar-refractivity contribution is 0.925. The second kappa shape index (κ2) is 4.27. The standard InChI is InChI=1S/C14H14S2/c1-10-12-8-4-5-9-13(12)16-14(10)15-11-6-2-3-7-11/h4-6,8-9H,2-3,7H2,1H3. The minimum absolute atomic E-state index is 1.27. The molecule has 0 saturated heterocycles. The molecule has 1 aliphatic rings. The summed E-state index contributed by atoms with van der Waals surface area (Å²) in [6.45, 7) is 2.25. The molecule has 0 saturated carbocycles. The highest BCUT2D eigenvalue weighted by Crippen LogP contribution is 2.43. The molecule has 0 unspecified atom stereocenters. The summed E-state index contributed by atoms with van der Waals surface area (Å²) >= 11 is 3.92. The Morgan fingerprint density at radius 1 is 1.25 bits per heavy atom. The van der Waals surface area contributed by atoms with Gasteiger partial charge in [0.25, 0.3) is 0 Å². The molecule has 1 heterocycles. The van der Waals surface area contributed by atoms with Crippen molar-refractivity contribution < 1.29 is 0 Å². The molecule has 2 heteroatoms. The second-order valence-corrected chi connectivity index (χ2v) is 6.62. The van der Waals surface area contributed by atoms with Crippen molar-refractivity contribution in [3.05, 3.63) is 40.8 Å². The molecule has 1 aromatic carbocycles. The second-order valence-electron chi connectivity index (χ2n) is 4.18. The maximum Gasteiger partial charge on any atom is 0.0684 e. The number of rotatable bonds is 2. The third kappa shape index (κ3) is 1.80. The van der Waals surface area contributed by atoms with E-state index >= 15 is 0 Å². The van der Waals surface area contributed by atoms with E-state index in [1.165, 1.54) is 39.1 Å². The van der Waals surface area contributed by atoms with Crippen LogP contribution >= 0.6 is 23.1 Å². The van der Waals surface area contributed by atoms with Gasteiger partial charge in [-0.3, -0.25) is 0 Å². The molecule has 82 valence electrons. The van der Waals surface area contributed by atoms with Gasteiger partial charge in [-0.15, -0.1) is 11.3 Å². The van der Waals surface area contributed by atoms with E-state index in [4.69, 9.17) is 0 Å². The fourth-order valence-corrected chi connectivity index (χ4v) is 4.75. The number of hydrogen-bond donors (Lipinski definition) is 0. The summed E-state index contributed by atoms with van der Waals surface area (Å²) in [5.41, 5.74) is 1.46. The molecule has 0 bridgehead atoms. The average Bonchev–Trinajstić information content (AvgIpc) is 2.90. The summed E-state index contributed by atoms with van der Waals surface area (Å²) in [6.07, 6.45) is 6.28. The van der Waals surface area contributed by atoms with E-state index in [2.05, 4.69) is 37.3 Å². The van der Waals surface area contributed by atoms with Gasteiger partial charge in [0.15, 0.2) is 0 Å². The van der Waals surface area contributed by atoms with Gasteiger partial charge in [0.2, 0.25) is 0 Å². The van der Waals surface area contributed by atoms with Crippen LogP contribution in [0.15, 0.2) is 39.5 Å². The van der Waals surface area contributed by atoms with Gasteiger partial charge in [0.05, 0.1) is 4.21 Å². The molecule has 2 aromatic rings. The number of thiophene rings is 1. The number of allylic oxidation sites excluding steroid dienone is 2. The highest BCUT2D eigenvalue weighted by molar-refractivity contribution is 8.05. The maximum absolute atomic E-state index is 2.40. The Bertz CT molecular complexity index is 549. The Balaban J connectivity index is 2.00. The molecule has 0 radical (unpaired) electrons. The van der Waals surface area contributed by atoms with E-state index in [1.807, 2.05) is 23.1 Å². The van der Waals surface area contributed by atoms with E-state index in [1.54, 1.807) is 4.91 Å². The van der Waals surface area contributed by atoms with Crippen molar-refractivity contribution in [3.8, 4) is 0 Å². The van der Waals surface area contributed by atoms with Crippen molar-refractivity contribution in [2.45, 2.75) is 30.4 Å². The van der Waals surface area contributed by atoms with Crippen molar-refractivity contribution in [1.82, 2.24) is 0 Å². The largest absolute Gasteiger partial charge is 0.128 e. The molecule has 0 amide bonds. The summed E-state index contributed by atoms with van der Waals surface area (Å²) in [4.78, 5) is 1.56. The Kier molecular flexibility index (Phi) is 2.78. The van der Waals surface area contributed by atoms with Gasteiger partial charge in [-0.1, -0.05) is 36.0 Å². The third-order valence-corrected chi connectivity index (χ3v) is 5.72. The van der Waals surface area contributed by atoms with Crippen LogP contribution in [-0.2, 0) is 0 Å². The molecule has 0 nitrogen and oxygen atoms in total. The highest BCUT2D eigenvalue weighted by atomic mass is 32.2. The summed E-state index contributed by atoms with van der Waals surface area (Å²) in [5.74, 6) is 0. The zero-order chi connectivity index (χ0) is 11.0. The van der Waals surface area contributed by atoms with Gasteiger partial charge in [-0.05, 0) is 48.1 Å². The normalized spacial score (nSPS) is 15.7. The first-order chi connectivity index (χ1) is 7.84. The fraction of sp³-hybridized carbons (Fsp3) is 0.286. The summed E-state index contributed by atoms with van der Waals surface area (Å²) < 4.78 is 2.90. The van der Waals surface area contributed by atoms with E-state index in [0.717, 1.165) is 0 Å². The zero-order valence-electron chi connectivity index (χ0n) is 9.32. The van der Waals surface area contributed by atoms with Crippen molar-refractivity contribution in [2.75, 3.05) is 0 Å². The van der Waals surface area contributed by atoms with Gasteiger partial charge < -0.3 is 0 Å². The monoisotopic (exact) mass is 246 g/mol. The van der Waals surface area contributed by atoms with E-state index < -0.39 is 0 Å². The molecule has 0 fully saturated rings. The summed E-state index contributed by atoms with van der Waals surface area (Å²) in [6, 6.07) is 8.71. The number of fused-ring (bicyclic) bond motifs is 1. The van der Waals surface area contributed by atoms with E-state index in [9.17, 15) is 0 Å². The first-order valence-electron chi connectivity index (χ1n) is 5.69. The first-order valence-corrected chi connectivity index (χ1v) is 7.33. The molecule has 16 heavy (non-hydrogen) atoms. The van der Waals surface area contributed by atoms with Crippen LogP contribution in [0, 0.1) is 6.92 Å². The first kappa shape index (κ1) is 10.4. The van der Waals surface area contributed by atoms with Gasteiger partial charge in [0, 0.05) is 4.70 Å². The molecule has 0 aliphatic heterocycles. The van der Waals surface area contributed by atoms with Gasteiger partial charge in [-0.25, -0.2) is 0 Å². The van der Waals surface area contributed by atoms with Crippen molar-refractivity contribution in [3.63, 3.8) is 0 Å². The number of hydrogen-bond acceptors (Lipinski definition) is 2. The molecule has 3 rings (SSSR count). The molecule has 1 aliphatic carbocycles. The summed E-state index contributed by atoms with van der Waals surface area (Å²) in [5, 5.41) is 1.42. The highest BCUT2D eigenvalue weighted by Gasteiger charge is 2.12. The summed E-state index contributed by atoms with van der Waals surface area (Å²) in [7, 11) is 0. The average molecular weight is 246 g/mol. The third-order valence-electron chi connectivity index (χ3n) is 3.02. The SMILES string of the molecule is Cc1c(SC2=CCCC2)sc2ccccc12. The topological polar surface area (TPSA) is 0 Å². The van der Waals surface area contributed by atoms with Crippen LogP contribution in [0.3, 0.4) is 0 Å². The molecule has 0 N–H and O–H groups in total. The van der Waals surface area contributed by atoms with Crippen LogP contribution in [0.4, 0.5) is 0 Å². The maximum atomic E-state index is 2.40. The van der Waals surface area contributed by atoms with Crippen molar-refractivity contribution in [2.24, 2.45) is 0 Å². The van der Waals surface area contributed by atoms with Crippen molar-refractivity contribution >= 4 is 33.2 Å². The Morgan fingerprint density at radius 3 is 2.88 bits per heavy atom. The predicted octanol–water partition coefficient (Wildman–Crippen LogP) is 5.37. The minimum atomic E-state index is 1.27. The Hall–Kier alpha value is -0.730. The smallest absolute Gasteiger partial charge is 0.0684 e. The number of benzene rings is 1. The van der Waals surface area contributed by atoms with E-state index in [0.29, 0.717) is 0 Å². The molecule has 1 aromatic heterocycles. The lowest BCUT2D eigenvalue weighted by Crippen LogP contribution is -1.72. The molecule has 0 atom stereocenters. The Labute approximate surface area is 104 Å². The van der Waals surface area contributed by atoms with Crippen molar-refractivity contribution in [1.29, 1.82) is 0 Å². The minimum Gasteiger partial charge on any atom is -0.128 e. The van der Waals surface area contributed by atoms with Gasteiger partial charge >= 0.3 is 0 Å². The molecular formula is C14H14S2. The van der Waals surface area contributed by atoms with Crippen LogP contribution in [0.25, 0.3) is 10.1 Å². The van der Waals surface area contributed by atoms with E-state index in [-0.39, 0.29) is 0 Å². The van der Waals surface area contributed by atoms with Crippen LogP contribution in [0.2, 0.25) is 0 Å². The van der Waals surface area contributed by atoms with Crippen LogP contribution in [0.5, 0.6) is 0 Å². The molecular weight excluding hydrogens is 232 g/mol. The predicted molar refractivity (Wildman–Crippen MR) is 74.4 cm³/mol.